The van der Waals surface area contributed by atoms with Crippen LogP contribution in [0.2, 0.25) is 0 Å². The zero-order valence-electron chi connectivity index (χ0n) is 17.9. The summed E-state index contributed by atoms with van der Waals surface area (Å²) in [6.07, 6.45) is 0.0382. The smallest absolute Gasteiger partial charge is 0.354 e. The van der Waals surface area contributed by atoms with E-state index in [1.807, 2.05) is 12.1 Å². The maximum Gasteiger partial charge on any atom is 0.354 e. The lowest BCUT2D eigenvalue weighted by molar-refractivity contribution is -0.135. The summed E-state index contributed by atoms with van der Waals surface area (Å²) >= 11 is 0.982. The number of nitriles is 1. The van der Waals surface area contributed by atoms with E-state index in [2.05, 4.69) is 10.4 Å². The van der Waals surface area contributed by atoms with E-state index < -0.39 is 23.9 Å². The second-order valence-corrected chi connectivity index (χ2v) is 7.77. The normalized spacial score (nSPS) is 15.0. The number of rotatable bonds is 7. The molecule has 3 rings (SSSR count). The molecule has 1 aromatic heterocycles. The van der Waals surface area contributed by atoms with E-state index >= 15 is 0 Å². The van der Waals surface area contributed by atoms with Gasteiger partial charge in [-0.25, -0.2) is 9.59 Å². The molecular formula is C22H22N4O5S. The van der Waals surface area contributed by atoms with E-state index in [0.717, 1.165) is 11.3 Å². The Morgan fingerprint density at radius 1 is 1.19 bits per heavy atom. The molecule has 0 bridgehead atoms. The standard InChI is InChI=1S/C22H22N4O5S/c1-4-30-21(28)16-11-17(26(25-16)14-9-7-6-8-10-14)19(27)24-20-15(12-23)13(3)18(32-20)22(29)31-5-2/h6-10,17H,4-5,11H2,1-3H3,(H,24,27). The fraction of sp³-hybridized carbons (Fsp3) is 0.318. The van der Waals surface area contributed by atoms with E-state index in [1.165, 1.54) is 5.01 Å². The Morgan fingerprint density at radius 3 is 2.47 bits per heavy atom. The summed E-state index contributed by atoms with van der Waals surface area (Å²) in [6.45, 7) is 5.40. The number of ether oxygens (including phenoxy) is 2. The van der Waals surface area contributed by atoms with Crippen molar-refractivity contribution in [1.29, 1.82) is 5.26 Å². The first kappa shape index (κ1) is 23.0. The van der Waals surface area contributed by atoms with Crippen LogP contribution in [0.1, 0.15) is 41.1 Å². The molecule has 9 nitrogen and oxygen atoms in total. The van der Waals surface area contributed by atoms with Crippen LogP contribution in [0.3, 0.4) is 0 Å². The molecule has 2 aromatic rings. The maximum atomic E-state index is 13.2. The third-order valence-corrected chi connectivity index (χ3v) is 5.89. The number of para-hydroxylation sites is 1. The summed E-state index contributed by atoms with van der Waals surface area (Å²) in [7, 11) is 0. The Kier molecular flexibility index (Phi) is 7.22. The van der Waals surface area contributed by atoms with Crippen molar-refractivity contribution in [2.45, 2.75) is 33.2 Å². The van der Waals surface area contributed by atoms with E-state index in [1.54, 1.807) is 45.0 Å². The van der Waals surface area contributed by atoms with Gasteiger partial charge in [0.25, 0.3) is 0 Å². The van der Waals surface area contributed by atoms with Crippen LogP contribution in [-0.2, 0) is 19.1 Å². The molecule has 0 saturated heterocycles. The molecule has 1 unspecified atom stereocenters. The highest BCUT2D eigenvalue weighted by molar-refractivity contribution is 7.18. The predicted octanol–water partition coefficient (Wildman–Crippen LogP) is 3.24. The van der Waals surface area contributed by atoms with Gasteiger partial charge in [-0.05, 0) is 38.5 Å². The lowest BCUT2D eigenvalue weighted by atomic mass is 10.1. The van der Waals surface area contributed by atoms with E-state index in [-0.39, 0.29) is 40.8 Å². The highest BCUT2D eigenvalue weighted by Gasteiger charge is 2.37. The molecule has 0 spiro atoms. The Bertz CT molecular complexity index is 1100. The molecule has 1 N–H and O–H groups in total. The number of nitrogens with zero attached hydrogens (tertiary/aromatic N) is 3. The number of esters is 2. The average Bonchev–Trinajstić information content (AvgIpc) is 3.36. The summed E-state index contributed by atoms with van der Waals surface area (Å²) in [6, 6.07) is 10.2. The second-order valence-electron chi connectivity index (χ2n) is 6.75. The number of carbonyl (C=O) groups excluding carboxylic acids is 3. The van der Waals surface area contributed by atoms with Crippen LogP contribution in [0, 0.1) is 18.3 Å². The molecule has 32 heavy (non-hydrogen) atoms. The highest BCUT2D eigenvalue weighted by Crippen LogP contribution is 2.34. The first-order chi connectivity index (χ1) is 15.4. The van der Waals surface area contributed by atoms with Crippen LogP contribution in [0.4, 0.5) is 10.7 Å². The predicted molar refractivity (Wildman–Crippen MR) is 120 cm³/mol. The highest BCUT2D eigenvalue weighted by atomic mass is 32.1. The van der Waals surface area contributed by atoms with Gasteiger partial charge in [0.2, 0.25) is 5.91 Å². The largest absolute Gasteiger partial charge is 0.462 e. The number of anilines is 2. The minimum absolute atomic E-state index is 0.0382. The fourth-order valence-corrected chi connectivity index (χ4v) is 4.25. The average molecular weight is 455 g/mol. The SMILES string of the molecule is CCOC(=O)C1=NN(c2ccccc2)C(C(=O)Nc2sc(C(=O)OCC)c(C)c2C#N)C1. The van der Waals surface area contributed by atoms with Crippen molar-refractivity contribution in [3.8, 4) is 6.07 Å². The minimum atomic E-state index is -0.836. The number of hydrogen-bond donors (Lipinski definition) is 1. The van der Waals surface area contributed by atoms with Crippen LogP contribution >= 0.6 is 11.3 Å². The number of hydrazone groups is 1. The maximum absolute atomic E-state index is 13.2. The van der Waals surface area contributed by atoms with Gasteiger partial charge in [0.1, 0.15) is 27.7 Å². The third kappa shape index (κ3) is 4.63. The topological polar surface area (TPSA) is 121 Å². The Balaban J connectivity index is 1.89. The molecule has 166 valence electrons. The van der Waals surface area contributed by atoms with Crippen LogP contribution in [0.25, 0.3) is 0 Å². The first-order valence-electron chi connectivity index (χ1n) is 10.0. The molecular weight excluding hydrogens is 432 g/mol. The van der Waals surface area contributed by atoms with Crippen molar-refractivity contribution in [3.63, 3.8) is 0 Å². The van der Waals surface area contributed by atoms with Gasteiger partial charge in [-0.1, -0.05) is 18.2 Å². The monoisotopic (exact) mass is 454 g/mol. The van der Waals surface area contributed by atoms with Crippen molar-refractivity contribution in [1.82, 2.24) is 0 Å². The molecule has 1 aliphatic heterocycles. The Labute approximate surface area is 189 Å². The van der Waals surface area contributed by atoms with Crippen molar-refractivity contribution in [2.24, 2.45) is 5.10 Å². The number of amides is 1. The molecule has 0 fully saturated rings. The molecule has 10 heteroatoms. The summed E-state index contributed by atoms with van der Waals surface area (Å²) in [5.41, 5.74) is 1.40. The fourth-order valence-electron chi connectivity index (χ4n) is 3.19. The summed E-state index contributed by atoms with van der Waals surface area (Å²) in [4.78, 5) is 37.9. The van der Waals surface area contributed by atoms with Gasteiger partial charge >= 0.3 is 11.9 Å². The molecule has 1 aliphatic rings. The van der Waals surface area contributed by atoms with Crippen LogP contribution in [0.15, 0.2) is 35.4 Å². The van der Waals surface area contributed by atoms with E-state index in [0.29, 0.717) is 11.3 Å². The van der Waals surface area contributed by atoms with Gasteiger partial charge in [0.05, 0.1) is 24.5 Å². The van der Waals surface area contributed by atoms with Gasteiger partial charge in [0, 0.05) is 6.42 Å². The van der Waals surface area contributed by atoms with Crippen molar-refractivity contribution >= 4 is 45.6 Å². The number of nitrogens with one attached hydrogen (secondary N) is 1. The van der Waals surface area contributed by atoms with Crippen LogP contribution in [0.5, 0.6) is 0 Å². The van der Waals surface area contributed by atoms with Crippen LogP contribution < -0.4 is 10.3 Å². The van der Waals surface area contributed by atoms with Crippen molar-refractivity contribution in [2.75, 3.05) is 23.5 Å². The molecule has 0 aliphatic carbocycles. The number of hydrogen-bond acceptors (Lipinski definition) is 9. The lowest BCUT2D eigenvalue weighted by Gasteiger charge is -2.22. The summed E-state index contributed by atoms with van der Waals surface area (Å²) in [5.74, 6) is -1.60. The molecule has 0 saturated carbocycles. The van der Waals surface area contributed by atoms with Gasteiger partial charge in [-0.3, -0.25) is 9.80 Å². The van der Waals surface area contributed by atoms with Crippen LogP contribution in [-0.4, -0.2) is 42.8 Å². The molecule has 0 radical (unpaired) electrons. The molecule has 1 aromatic carbocycles. The van der Waals surface area contributed by atoms with Gasteiger partial charge in [-0.15, -0.1) is 11.3 Å². The van der Waals surface area contributed by atoms with Gasteiger partial charge in [0.15, 0.2) is 0 Å². The number of benzene rings is 1. The van der Waals surface area contributed by atoms with Crippen molar-refractivity contribution in [3.05, 3.63) is 46.3 Å². The number of carbonyl (C=O) groups is 3. The second kappa shape index (κ2) is 10.1. The summed E-state index contributed by atoms with van der Waals surface area (Å²) in [5, 5.41) is 18.3. The Hall–Kier alpha value is -3.71. The van der Waals surface area contributed by atoms with E-state index in [9.17, 15) is 19.6 Å². The third-order valence-electron chi connectivity index (χ3n) is 4.70. The Morgan fingerprint density at radius 2 is 1.84 bits per heavy atom. The van der Waals surface area contributed by atoms with Crippen molar-refractivity contribution < 1.29 is 23.9 Å². The van der Waals surface area contributed by atoms with Gasteiger partial charge < -0.3 is 14.8 Å². The zero-order valence-corrected chi connectivity index (χ0v) is 18.7. The summed E-state index contributed by atoms with van der Waals surface area (Å²) < 4.78 is 10.1. The quantitative estimate of drug-likeness (QED) is 0.638. The van der Waals surface area contributed by atoms with E-state index in [4.69, 9.17) is 9.47 Å². The molecule has 1 amide bonds. The lowest BCUT2D eigenvalue weighted by Crippen LogP contribution is -2.38. The van der Waals surface area contributed by atoms with Gasteiger partial charge in [-0.2, -0.15) is 10.4 Å². The minimum Gasteiger partial charge on any atom is -0.462 e. The number of thiophene rings is 1. The zero-order chi connectivity index (χ0) is 23.3. The molecule has 2 heterocycles. The first-order valence-corrected chi connectivity index (χ1v) is 10.8. The molecule has 1 atom stereocenters.